The van der Waals surface area contributed by atoms with E-state index >= 15 is 0 Å². The molecule has 0 saturated carbocycles. The zero-order valence-corrected chi connectivity index (χ0v) is 16.3. The number of fused-ring (bicyclic) bond motifs is 1. The smallest absolute Gasteiger partial charge is 0.461 e. The Bertz CT molecular complexity index is 1000. The van der Waals surface area contributed by atoms with Crippen molar-refractivity contribution in [3.8, 4) is 16.9 Å². The zero-order chi connectivity index (χ0) is 20.3. The normalized spacial score (nSPS) is 11.5. The molecule has 0 N–H and O–H groups in total. The van der Waals surface area contributed by atoms with E-state index in [1.165, 1.54) is 19.1 Å². The van der Waals surface area contributed by atoms with E-state index in [2.05, 4.69) is 25.7 Å². The van der Waals surface area contributed by atoms with Crippen molar-refractivity contribution < 1.29 is 27.4 Å². The number of carbonyl (C=O) groups excluding carboxylic acids is 1. The molecule has 0 aliphatic heterocycles. The molecule has 0 bridgehead atoms. The minimum Gasteiger partial charge on any atom is -0.461 e. The summed E-state index contributed by atoms with van der Waals surface area (Å²) in [5.74, 6) is -0.678. The lowest BCUT2D eigenvalue weighted by Crippen LogP contribution is -2.16. The van der Waals surface area contributed by atoms with E-state index < -0.39 is 6.36 Å². The largest absolute Gasteiger partial charge is 0.573 e. The summed E-state index contributed by atoms with van der Waals surface area (Å²) in [7, 11) is 0. The summed E-state index contributed by atoms with van der Waals surface area (Å²) in [6.07, 6.45) is -3.10. The second-order valence-corrected chi connectivity index (χ2v) is 6.51. The van der Waals surface area contributed by atoms with Gasteiger partial charge in [-0.3, -0.25) is 9.78 Å². The average Bonchev–Trinajstić information content (AvgIpc) is 2.65. The van der Waals surface area contributed by atoms with Gasteiger partial charge in [-0.1, -0.05) is 34.1 Å². The van der Waals surface area contributed by atoms with Gasteiger partial charge in [0.1, 0.15) is 12.4 Å². The van der Waals surface area contributed by atoms with Gasteiger partial charge < -0.3 is 9.47 Å². The van der Waals surface area contributed by atoms with Gasteiger partial charge in [-0.05, 0) is 35.4 Å². The number of esters is 1. The number of alkyl halides is 4. The summed E-state index contributed by atoms with van der Waals surface area (Å²) in [6.45, 7) is 1.45. The molecule has 0 amide bonds. The molecule has 0 fully saturated rings. The van der Waals surface area contributed by atoms with Crippen molar-refractivity contribution in [3.05, 3.63) is 59.8 Å². The standard InChI is InChI=1S/C20H15BrF3NO3/c1-12(26)27-11-18-14(10-21)9-17(19-16(18)3-2-8-25-19)13-4-6-15(7-5-13)28-20(22,23)24/h2-9H,10-11H2,1H3. The van der Waals surface area contributed by atoms with Crippen molar-refractivity contribution in [2.45, 2.75) is 25.2 Å². The van der Waals surface area contributed by atoms with Gasteiger partial charge in [0.05, 0.1) is 5.52 Å². The third-order valence-electron chi connectivity index (χ3n) is 4.06. The van der Waals surface area contributed by atoms with Gasteiger partial charge in [0.25, 0.3) is 0 Å². The number of nitrogens with zero attached hydrogens (tertiary/aromatic N) is 1. The Morgan fingerprint density at radius 3 is 2.50 bits per heavy atom. The molecule has 0 spiro atoms. The highest BCUT2D eigenvalue weighted by molar-refractivity contribution is 9.08. The molecular weight excluding hydrogens is 439 g/mol. The number of ether oxygens (including phenoxy) is 2. The zero-order valence-electron chi connectivity index (χ0n) is 14.7. The van der Waals surface area contributed by atoms with Crippen molar-refractivity contribution in [2.24, 2.45) is 0 Å². The molecule has 4 nitrogen and oxygen atoms in total. The first-order valence-corrected chi connectivity index (χ1v) is 9.35. The Hall–Kier alpha value is -2.61. The Morgan fingerprint density at radius 2 is 1.89 bits per heavy atom. The minimum absolute atomic E-state index is 0.108. The van der Waals surface area contributed by atoms with Gasteiger partial charge in [-0.25, -0.2) is 0 Å². The molecule has 0 unspecified atom stereocenters. The number of hydrogen-bond donors (Lipinski definition) is 0. The summed E-state index contributed by atoms with van der Waals surface area (Å²) >= 11 is 3.45. The number of benzene rings is 2. The van der Waals surface area contributed by atoms with Crippen LogP contribution in [0.1, 0.15) is 18.1 Å². The molecule has 0 aliphatic carbocycles. The van der Waals surface area contributed by atoms with E-state index in [0.717, 1.165) is 22.1 Å². The van der Waals surface area contributed by atoms with E-state index in [-0.39, 0.29) is 18.3 Å². The van der Waals surface area contributed by atoms with Gasteiger partial charge >= 0.3 is 12.3 Å². The van der Waals surface area contributed by atoms with E-state index in [0.29, 0.717) is 16.4 Å². The van der Waals surface area contributed by atoms with Crippen LogP contribution in [0.25, 0.3) is 22.0 Å². The van der Waals surface area contributed by atoms with Crippen LogP contribution in [-0.2, 0) is 21.5 Å². The number of carbonyl (C=O) groups is 1. The molecule has 0 aliphatic rings. The Morgan fingerprint density at radius 1 is 1.18 bits per heavy atom. The molecule has 28 heavy (non-hydrogen) atoms. The molecule has 146 valence electrons. The predicted molar refractivity (Wildman–Crippen MR) is 102 cm³/mol. The Balaban J connectivity index is 2.09. The van der Waals surface area contributed by atoms with Gasteiger partial charge in [0.15, 0.2) is 0 Å². The fraction of sp³-hybridized carbons (Fsp3) is 0.200. The lowest BCUT2D eigenvalue weighted by atomic mass is 9.95. The second-order valence-electron chi connectivity index (χ2n) is 5.95. The lowest BCUT2D eigenvalue weighted by molar-refractivity contribution is -0.274. The van der Waals surface area contributed by atoms with Crippen molar-refractivity contribution in [3.63, 3.8) is 0 Å². The third kappa shape index (κ3) is 4.62. The van der Waals surface area contributed by atoms with E-state index in [1.807, 2.05) is 12.1 Å². The van der Waals surface area contributed by atoms with Crippen LogP contribution < -0.4 is 4.74 Å². The van der Waals surface area contributed by atoms with Crippen LogP contribution in [0.15, 0.2) is 48.7 Å². The molecule has 2 aromatic carbocycles. The molecule has 3 rings (SSSR count). The van der Waals surface area contributed by atoms with Crippen molar-refractivity contribution in [1.29, 1.82) is 0 Å². The van der Waals surface area contributed by atoms with Crippen molar-refractivity contribution in [2.75, 3.05) is 0 Å². The van der Waals surface area contributed by atoms with Crippen molar-refractivity contribution in [1.82, 2.24) is 4.98 Å². The van der Waals surface area contributed by atoms with Gasteiger partial charge in [0, 0.05) is 35.0 Å². The third-order valence-corrected chi connectivity index (χ3v) is 4.66. The number of pyridine rings is 1. The molecule has 1 aromatic heterocycles. The molecule has 1 heterocycles. The molecule has 0 radical (unpaired) electrons. The number of aromatic nitrogens is 1. The van der Waals surface area contributed by atoms with Crippen LogP contribution in [0.5, 0.6) is 5.75 Å². The fourth-order valence-corrected chi connectivity index (χ4v) is 3.39. The average molecular weight is 454 g/mol. The predicted octanol–water partition coefficient (Wildman–Crippen LogP) is 5.76. The SMILES string of the molecule is CC(=O)OCc1c(CBr)cc(-c2ccc(OC(F)(F)F)cc2)c2ncccc12. The van der Waals surface area contributed by atoms with Crippen LogP contribution in [0.4, 0.5) is 13.2 Å². The highest BCUT2D eigenvalue weighted by Gasteiger charge is 2.31. The first kappa shape index (κ1) is 20.1. The van der Waals surface area contributed by atoms with E-state index in [1.54, 1.807) is 24.4 Å². The molecule has 8 heteroatoms. The quantitative estimate of drug-likeness (QED) is 0.364. The van der Waals surface area contributed by atoms with Gasteiger partial charge in [-0.15, -0.1) is 13.2 Å². The molecule has 3 aromatic rings. The maximum Gasteiger partial charge on any atom is 0.573 e. The van der Waals surface area contributed by atoms with Crippen LogP contribution >= 0.6 is 15.9 Å². The molecule has 0 atom stereocenters. The van der Waals surface area contributed by atoms with Gasteiger partial charge in [0.2, 0.25) is 0 Å². The Labute approximate surface area is 167 Å². The number of halogens is 4. The van der Waals surface area contributed by atoms with Crippen molar-refractivity contribution >= 4 is 32.8 Å². The highest BCUT2D eigenvalue weighted by atomic mass is 79.9. The molecular formula is C20H15BrF3NO3. The first-order valence-electron chi connectivity index (χ1n) is 8.23. The van der Waals surface area contributed by atoms with E-state index in [9.17, 15) is 18.0 Å². The van der Waals surface area contributed by atoms with Crippen LogP contribution in [0.2, 0.25) is 0 Å². The summed E-state index contributed by atoms with van der Waals surface area (Å²) < 4.78 is 46.2. The Kier molecular flexibility index (Phi) is 5.88. The minimum atomic E-state index is -4.74. The molecule has 0 saturated heterocycles. The summed E-state index contributed by atoms with van der Waals surface area (Å²) in [5, 5.41) is 1.32. The maximum atomic E-state index is 12.4. The highest BCUT2D eigenvalue weighted by Crippen LogP contribution is 2.34. The van der Waals surface area contributed by atoms with Crippen LogP contribution in [-0.4, -0.2) is 17.3 Å². The summed E-state index contributed by atoms with van der Waals surface area (Å²) in [4.78, 5) is 15.7. The first-order chi connectivity index (χ1) is 13.3. The second kappa shape index (κ2) is 8.18. The lowest BCUT2D eigenvalue weighted by Gasteiger charge is -2.15. The number of rotatable bonds is 5. The van der Waals surface area contributed by atoms with Crippen LogP contribution in [0, 0.1) is 0 Å². The monoisotopic (exact) mass is 453 g/mol. The number of hydrogen-bond acceptors (Lipinski definition) is 4. The topological polar surface area (TPSA) is 48.4 Å². The van der Waals surface area contributed by atoms with Crippen LogP contribution in [0.3, 0.4) is 0 Å². The fourth-order valence-electron chi connectivity index (χ4n) is 2.89. The summed E-state index contributed by atoms with van der Waals surface area (Å²) in [6, 6.07) is 11.2. The van der Waals surface area contributed by atoms with E-state index in [4.69, 9.17) is 4.74 Å². The summed E-state index contributed by atoms with van der Waals surface area (Å²) in [5.41, 5.74) is 3.84. The van der Waals surface area contributed by atoms with Gasteiger partial charge in [-0.2, -0.15) is 0 Å². The maximum absolute atomic E-state index is 12.4.